The highest BCUT2D eigenvalue weighted by Crippen LogP contribution is 2.38. The van der Waals surface area contributed by atoms with Crippen LogP contribution in [0.25, 0.3) is 0 Å². The molecule has 1 aliphatic rings. The largest absolute Gasteiger partial charge is 0.434 e. The molecule has 0 aromatic heterocycles. The lowest BCUT2D eigenvalue weighted by atomic mass is 9.84. The van der Waals surface area contributed by atoms with Crippen LogP contribution in [0.1, 0.15) is 20.3 Å². The highest BCUT2D eigenvalue weighted by Gasteiger charge is 2.42. The molecular weight excluding hydrogens is 224 g/mol. The lowest BCUT2D eigenvalue weighted by molar-refractivity contribution is -0.191. The Balaban J connectivity index is 2.75. The van der Waals surface area contributed by atoms with Crippen LogP contribution in [-0.2, 0) is 14.3 Å². The SMILES string of the molecule is CO[C@@H]1OC(=O)CC(C)(C)[C@H]1Br. The quantitative estimate of drug-likeness (QED) is 0.514. The van der Waals surface area contributed by atoms with E-state index in [2.05, 4.69) is 15.9 Å². The highest BCUT2D eigenvalue weighted by atomic mass is 79.9. The number of ether oxygens (including phenoxy) is 2. The highest BCUT2D eigenvalue weighted by molar-refractivity contribution is 9.09. The van der Waals surface area contributed by atoms with Crippen LogP contribution in [0.5, 0.6) is 0 Å². The maximum Gasteiger partial charge on any atom is 0.308 e. The van der Waals surface area contributed by atoms with Crippen molar-refractivity contribution in [2.24, 2.45) is 5.41 Å². The standard InChI is InChI=1S/C8H13BrO3/c1-8(2)4-5(10)12-7(11-3)6(8)9/h6-7H,4H2,1-3H3/t6-,7+/m0/s1. The molecule has 2 atom stereocenters. The Morgan fingerprint density at radius 3 is 2.75 bits per heavy atom. The van der Waals surface area contributed by atoms with E-state index in [0.717, 1.165) is 0 Å². The number of cyclic esters (lactones) is 1. The van der Waals surface area contributed by atoms with Crippen LogP contribution >= 0.6 is 15.9 Å². The molecular formula is C8H13BrO3. The van der Waals surface area contributed by atoms with E-state index >= 15 is 0 Å². The van der Waals surface area contributed by atoms with Crippen LogP contribution in [0.15, 0.2) is 0 Å². The number of hydrogen-bond acceptors (Lipinski definition) is 3. The maximum atomic E-state index is 11.1. The molecule has 70 valence electrons. The second-order valence-corrected chi connectivity index (χ2v) is 4.65. The van der Waals surface area contributed by atoms with Gasteiger partial charge in [-0.25, -0.2) is 0 Å². The third-order valence-electron chi connectivity index (χ3n) is 2.07. The number of carbonyl (C=O) groups excluding carboxylic acids is 1. The molecule has 1 saturated heterocycles. The van der Waals surface area contributed by atoms with E-state index in [1.54, 1.807) is 0 Å². The molecule has 0 aliphatic carbocycles. The molecule has 0 aromatic carbocycles. The summed E-state index contributed by atoms with van der Waals surface area (Å²) >= 11 is 3.46. The summed E-state index contributed by atoms with van der Waals surface area (Å²) < 4.78 is 9.99. The van der Waals surface area contributed by atoms with Gasteiger partial charge in [0, 0.05) is 7.11 Å². The minimum Gasteiger partial charge on any atom is -0.434 e. The van der Waals surface area contributed by atoms with Gasteiger partial charge in [-0.1, -0.05) is 29.8 Å². The Kier molecular flexibility index (Phi) is 2.78. The Morgan fingerprint density at radius 1 is 1.67 bits per heavy atom. The summed E-state index contributed by atoms with van der Waals surface area (Å²) in [5.41, 5.74) is -0.101. The van der Waals surface area contributed by atoms with Crippen molar-refractivity contribution in [1.29, 1.82) is 0 Å². The van der Waals surface area contributed by atoms with Crippen LogP contribution in [0.3, 0.4) is 0 Å². The molecule has 1 aliphatic heterocycles. The average Bonchev–Trinajstić information content (AvgIpc) is 1.96. The zero-order valence-electron chi connectivity index (χ0n) is 7.46. The van der Waals surface area contributed by atoms with Crippen molar-refractivity contribution < 1.29 is 14.3 Å². The number of esters is 1. The second-order valence-electron chi connectivity index (χ2n) is 3.66. The summed E-state index contributed by atoms with van der Waals surface area (Å²) in [6, 6.07) is 0. The minimum absolute atomic E-state index is 0.0627. The van der Waals surface area contributed by atoms with Gasteiger partial charge in [-0.2, -0.15) is 0 Å². The normalized spacial score (nSPS) is 34.5. The van der Waals surface area contributed by atoms with Crippen LogP contribution < -0.4 is 0 Å². The van der Waals surface area contributed by atoms with Crippen molar-refractivity contribution in [3.63, 3.8) is 0 Å². The van der Waals surface area contributed by atoms with E-state index in [0.29, 0.717) is 6.42 Å². The third kappa shape index (κ3) is 1.80. The van der Waals surface area contributed by atoms with E-state index in [9.17, 15) is 4.79 Å². The van der Waals surface area contributed by atoms with Gasteiger partial charge >= 0.3 is 5.97 Å². The number of carbonyl (C=O) groups is 1. The van der Waals surface area contributed by atoms with E-state index < -0.39 is 6.29 Å². The molecule has 0 aromatic rings. The Labute approximate surface area is 80.5 Å². The second kappa shape index (κ2) is 3.34. The summed E-state index contributed by atoms with van der Waals surface area (Å²) in [4.78, 5) is 11.1. The summed E-state index contributed by atoms with van der Waals surface area (Å²) in [7, 11) is 1.54. The first-order valence-corrected chi connectivity index (χ1v) is 4.75. The van der Waals surface area contributed by atoms with Gasteiger partial charge < -0.3 is 9.47 Å². The molecule has 0 N–H and O–H groups in total. The fourth-order valence-electron chi connectivity index (χ4n) is 1.24. The van der Waals surface area contributed by atoms with E-state index in [1.807, 2.05) is 13.8 Å². The number of halogens is 1. The van der Waals surface area contributed by atoms with Crippen molar-refractivity contribution >= 4 is 21.9 Å². The fourth-order valence-corrected chi connectivity index (χ4v) is 1.72. The smallest absolute Gasteiger partial charge is 0.308 e. The van der Waals surface area contributed by atoms with Crippen LogP contribution in [0, 0.1) is 5.41 Å². The zero-order valence-corrected chi connectivity index (χ0v) is 9.05. The van der Waals surface area contributed by atoms with E-state index in [1.165, 1.54) is 7.11 Å². The Hall–Kier alpha value is -0.0900. The molecule has 0 saturated carbocycles. The van der Waals surface area contributed by atoms with Crippen LogP contribution in [0.2, 0.25) is 0 Å². The molecule has 4 heteroatoms. The van der Waals surface area contributed by atoms with Gasteiger partial charge in [0.25, 0.3) is 0 Å². The van der Waals surface area contributed by atoms with Gasteiger partial charge in [0.2, 0.25) is 6.29 Å². The lowest BCUT2D eigenvalue weighted by Crippen LogP contribution is -2.45. The van der Waals surface area contributed by atoms with Crippen molar-refractivity contribution in [2.75, 3.05) is 7.11 Å². The molecule has 12 heavy (non-hydrogen) atoms. The molecule has 0 spiro atoms. The van der Waals surface area contributed by atoms with Gasteiger partial charge in [0.05, 0.1) is 11.2 Å². The van der Waals surface area contributed by atoms with Crippen molar-refractivity contribution in [3.05, 3.63) is 0 Å². The topological polar surface area (TPSA) is 35.5 Å². The van der Waals surface area contributed by atoms with Gasteiger partial charge in [0.1, 0.15) is 0 Å². The molecule has 1 heterocycles. The maximum absolute atomic E-state index is 11.1. The summed E-state index contributed by atoms with van der Waals surface area (Å²) in [6.07, 6.45) is -0.0239. The first kappa shape index (κ1) is 9.99. The predicted octanol–water partition coefficient (Wildman–Crippen LogP) is 1.70. The zero-order chi connectivity index (χ0) is 9.35. The van der Waals surface area contributed by atoms with Gasteiger partial charge in [-0.15, -0.1) is 0 Å². The van der Waals surface area contributed by atoms with Gasteiger partial charge in [0.15, 0.2) is 0 Å². The van der Waals surface area contributed by atoms with Gasteiger partial charge in [-0.3, -0.25) is 4.79 Å². The molecule has 1 fully saturated rings. The Morgan fingerprint density at radius 2 is 2.25 bits per heavy atom. The third-order valence-corrected chi connectivity index (χ3v) is 3.74. The summed E-state index contributed by atoms with van der Waals surface area (Å²) in [5.74, 6) is -0.192. The first-order chi connectivity index (χ1) is 5.47. The number of rotatable bonds is 1. The van der Waals surface area contributed by atoms with Crippen LogP contribution in [0.4, 0.5) is 0 Å². The molecule has 0 amide bonds. The summed E-state index contributed by atoms with van der Waals surface area (Å²) in [6.45, 7) is 4.03. The molecule has 0 unspecified atom stereocenters. The van der Waals surface area contributed by atoms with E-state index in [-0.39, 0.29) is 16.2 Å². The van der Waals surface area contributed by atoms with Gasteiger partial charge in [-0.05, 0) is 5.41 Å². The average molecular weight is 237 g/mol. The lowest BCUT2D eigenvalue weighted by Gasteiger charge is -2.38. The fraction of sp³-hybridized carbons (Fsp3) is 0.875. The number of hydrogen-bond donors (Lipinski definition) is 0. The van der Waals surface area contributed by atoms with Crippen molar-refractivity contribution in [1.82, 2.24) is 0 Å². The molecule has 1 rings (SSSR count). The van der Waals surface area contributed by atoms with Crippen molar-refractivity contribution in [3.8, 4) is 0 Å². The number of alkyl halides is 1. The van der Waals surface area contributed by atoms with E-state index in [4.69, 9.17) is 9.47 Å². The number of methoxy groups -OCH3 is 1. The van der Waals surface area contributed by atoms with Crippen molar-refractivity contribution in [2.45, 2.75) is 31.4 Å². The molecule has 0 bridgehead atoms. The summed E-state index contributed by atoms with van der Waals surface area (Å²) in [5, 5.41) is 0. The minimum atomic E-state index is -0.457. The predicted molar refractivity (Wildman–Crippen MR) is 48.0 cm³/mol. The van der Waals surface area contributed by atoms with Crippen LogP contribution in [-0.4, -0.2) is 24.2 Å². The first-order valence-electron chi connectivity index (χ1n) is 3.84. The Bertz CT molecular complexity index is 191. The molecule has 0 radical (unpaired) electrons. The monoisotopic (exact) mass is 236 g/mol. The molecule has 3 nitrogen and oxygen atoms in total.